The van der Waals surface area contributed by atoms with Gasteiger partial charge in [0.1, 0.15) is 0 Å². The molecule has 3 heteroatoms. The Kier molecular flexibility index (Phi) is 4.02. The molecule has 1 amide bonds. The zero-order valence-corrected chi connectivity index (χ0v) is 14.3. The van der Waals surface area contributed by atoms with E-state index in [0.717, 1.165) is 26.1 Å². The third-order valence-electron chi connectivity index (χ3n) is 5.12. The molecule has 1 saturated heterocycles. The van der Waals surface area contributed by atoms with Crippen molar-refractivity contribution in [2.24, 2.45) is 0 Å². The molecule has 0 saturated carbocycles. The second-order valence-electron chi connectivity index (χ2n) is 7.79. The van der Waals surface area contributed by atoms with Crippen molar-refractivity contribution in [2.75, 3.05) is 13.1 Å². The van der Waals surface area contributed by atoms with Crippen LogP contribution in [0.25, 0.3) is 0 Å². The van der Waals surface area contributed by atoms with Crippen molar-refractivity contribution in [2.45, 2.75) is 65.0 Å². The van der Waals surface area contributed by atoms with Gasteiger partial charge in [-0.15, -0.1) is 0 Å². The van der Waals surface area contributed by atoms with E-state index in [0.29, 0.717) is 6.04 Å². The molecule has 22 heavy (non-hydrogen) atoms. The molecule has 1 N–H and O–H groups in total. The highest BCUT2D eigenvalue weighted by Gasteiger charge is 2.28. The number of benzene rings is 1. The van der Waals surface area contributed by atoms with E-state index in [4.69, 9.17) is 0 Å². The van der Waals surface area contributed by atoms with Gasteiger partial charge in [-0.3, -0.25) is 4.79 Å². The fourth-order valence-electron chi connectivity index (χ4n) is 3.70. The van der Waals surface area contributed by atoms with Gasteiger partial charge in [0.2, 0.25) is 5.91 Å². The molecule has 0 aliphatic carbocycles. The van der Waals surface area contributed by atoms with Crippen LogP contribution in [-0.2, 0) is 23.2 Å². The van der Waals surface area contributed by atoms with Gasteiger partial charge in [0, 0.05) is 26.1 Å². The molecule has 0 radical (unpaired) electrons. The van der Waals surface area contributed by atoms with E-state index in [1.165, 1.54) is 35.1 Å². The van der Waals surface area contributed by atoms with Crippen molar-refractivity contribution in [1.29, 1.82) is 0 Å². The Morgan fingerprint density at radius 2 is 2.09 bits per heavy atom. The number of carbonyl (C=O) groups is 1. The molecule has 1 unspecified atom stereocenters. The quantitative estimate of drug-likeness (QED) is 0.863. The van der Waals surface area contributed by atoms with Crippen LogP contribution in [0.15, 0.2) is 12.1 Å². The summed E-state index contributed by atoms with van der Waals surface area (Å²) < 4.78 is 0. The first kappa shape index (κ1) is 15.5. The normalized spacial score (nSPS) is 21.8. The topological polar surface area (TPSA) is 32.3 Å². The Morgan fingerprint density at radius 3 is 2.68 bits per heavy atom. The lowest BCUT2D eigenvalue weighted by Crippen LogP contribution is -2.35. The first-order chi connectivity index (χ1) is 10.4. The monoisotopic (exact) mass is 300 g/mol. The second-order valence-corrected chi connectivity index (χ2v) is 7.79. The molecular weight excluding hydrogens is 272 g/mol. The van der Waals surface area contributed by atoms with Crippen LogP contribution in [0.4, 0.5) is 0 Å². The maximum absolute atomic E-state index is 11.7. The lowest BCUT2D eigenvalue weighted by atomic mass is 9.80. The van der Waals surface area contributed by atoms with E-state index in [-0.39, 0.29) is 11.3 Å². The van der Waals surface area contributed by atoms with Gasteiger partial charge in [-0.1, -0.05) is 32.9 Å². The number of fused-ring (bicyclic) bond motifs is 1. The number of hydrogen-bond acceptors (Lipinski definition) is 2. The lowest BCUT2D eigenvalue weighted by molar-refractivity contribution is -0.129. The van der Waals surface area contributed by atoms with Crippen molar-refractivity contribution in [1.82, 2.24) is 10.2 Å². The van der Waals surface area contributed by atoms with Gasteiger partial charge in [0.05, 0.1) is 0 Å². The van der Waals surface area contributed by atoms with Crippen LogP contribution in [0.2, 0.25) is 0 Å². The van der Waals surface area contributed by atoms with E-state index in [1.54, 1.807) is 6.92 Å². The summed E-state index contributed by atoms with van der Waals surface area (Å²) in [5.41, 5.74) is 5.87. The fourth-order valence-corrected chi connectivity index (χ4v) is 3.70. The third kappa shape index (κ3) is 2.91. The number of rotatable bonds is 1. The summed E-state index contributed by atoms with van der Waals surface area (Å²) in [6.45, 7) is 11.2. The molecule has 0 aromatic heterocycles. The van der Waals surface area contributed by atoms with Crippen molar-refractivity contribution < 1.29 is 4.79 Å². The van der Waals surface area contributed by atoms with Crippen LogP contribution >= 0.6 is 0 Å². The maximum atomic E-state index is 11.7. The minimum absolute atomic E-state index is 0.140. The molecule has 1 atom stereocenters. The Balaban J connectivity index is 2.06. The Labute approximate surface area is 134 Å². The van der Waals surface area contributed by atoms with Crippen molar-refractivity contribution in [3.63, 3.8) is 0 Å². The van der Waals surface area contributed by atoms with E-state index in [9.17, 15) is 4.79 Å². The van der Waals surface area contributed by atoms with Crippen LogP contribution in [0.3, 0.4) is 0 Å². The SMILES string of the molecule is CC(=O)N1CCc2c(cc(C(C)(C)C)cc2C2CCCN2)C1. The van der Waals surface area contributed by atoms with Gasteiger partial charge in [0.15, 0.2) is 0 Å². The molecule has 120 valence electrons. The first-order valence-corrected chi connectivity index (χ1v) is 8.51. The molecule has 2 aliphatic rings. The minimum Gasteiger partial charge on any atom is -0.338 e. The van der Waals surface area contributed by atoms with Gasteiger partial charge in [-0.2, -0.15) is 0 Å². The Bertz CT molecular complexity index is 580. The predicted molar refractivity (Wildman–Crippen MR) is 89.9 cm³/mol. The zero-order chi connectivity index (χ0) is 15.9. The van der Waals surface area contributed by atoms with Crippen LogP contribution in [0.5, 0.6) is 0 Å². The molecule has 0 bridgehead atoms. The summed E-state index contributed by atoms with van der Waals surface area (Å²) in [4.78, 5) is 13.7. The number of nitrogens with one attached hydrogen (secondary N) is 1. The van der Waals surface area contributed by atoms with Gasteiger partial charge >= 0.3 is 0 Å². The predicted octanol–water partition coefficient (Wildman–Crippen LogP) is 3.31. The highest BCUT2D eigenvalue weighted by atomic mass is 16.2. The molecule has 1 aromatic carbocycles. The average Bonchev–Trinajstić information content (AvgIpc) is 2.98. The molecule has 2 heterocycles. The molecular formula is C19H28N2O. The smallest absolute Gasteiger partial charge is 0.219 e. The van der Waals surface area contributed by atoms with Crippen molar-refractivity contribution in [3.05, 3.63) is 34.4 Å². The maximum Gasteiger partial charge on any atom is 0.219 e. The zero-order valence-electron chi connectivity index (χ0n) is 14.3. The molecule has 3 rings (SSSR count). The van der Waals surface area contributed by atoms with Crippen molar-refractivity contribution >= 4 is 5.91 Å². The largest absolute Gasteiger partial charge is 0.338 e. The molecule has 0 spiro atoms. The minimum atomic E-state index is 0.140. The summed E-state index contributed by atoms with van der Waals surface area (Å²) in [6.07, 6.45) is 3.49. The van der Waals surface area contributed by atoms with E-state index >= 15 is 0 Å². The van der Waals surface area contributed by atoms with Crippen LogP contribution in [0, 0.1) is 0 Å². The fraction of sp³-hybridized carbons (Fsp3) is 0.632. The van der Waals surface area contributed by atoms with Gasteiger partial charge in [0.25, 0.3) is 0 Å². The number of nitrogens with zero attached hydrogens (tertiary/aromatic N) is 1. The van der Waals surface area contributed by atoms with Gasteiger partial charge in [-0.05, 0) is 53.5 Å². The Morgan fingerprint density at radius 1 is 1.32 bits per heavy atom. The molecule has 1 aromatic rings. The lowest BCUT2D eigenvalue weighted by Gasteiger charge is -2.33. The molecule has 1 fully saturated rings. The summed E-state index contributed by atoms with van der Waals surface area (Å²) in [6, 6.07) is 5.26. The molecule has 3 nitrogen and oxygen atoms in total. The molecule has 2 aliphatic heterocycles. The van der Waals surface area contributed by atoms with Gasteiger partial charge < -0.3 is 10.2 Å². The second kappa shape index (κ2) is 5.69. The van der Waals surface area contributed by atoms with Crippen LogP contribution < -0.4 is 5.32 Å². The van der Waals surface area contributed by atoms with E-state index in [1.807, 2.05) is 4.90 Å². The summed E-state index contributed by atoms with van der Waals surface area (Å²) in [7, 11) is 0. The first-order valence-electron chi connectivity index (χ1n) is 8.51. The highest BCUT2D eigenvalue weighted by Crippen LogP contribution is 2.35. The third-order valence-corrected chi connectivity index (χ3v) is 5.12. The van der Waals surface area contributed by atoms with E-state index < -0.39 is 0 Å². The Hall–Kier alpha value is -1.35. The van der Waals surface area contributed by atoms with E-state index in [2.05, 4.69) is 38.2 Å². The van der Waals surface area contributed by atoms with Crippen LogP contribution in [0.1, 0.15) is 68.8 Å². The average molecular weight is 300 g/mol. The summed E-state index contributed by atoms with van der Waals surface area (Å²) in [5, 5.41) is 3.66. The number of hydrogen-bond donors (Lipinski definition) is 1. The van der Waals surface area contributed by atoms with Crippen LogP contribution in [-0.4, -0.2) is 23.9 Å². The number of carbonyl (C=O) groups excluding carboxylic acids is 1. The standard InChI is InChI=1S/C19H28N2O/c1-13(22)21-9-7-16-14(12-21)10-15(19(2,3)4)11-17(16)18-6-5-8-20-18/h10-11,18,20H,5-9,12H2,1-4H3. The summed E-state index contributed by atoms with van der Waals surface area (Å²) >= 11 is 0. The van der Waals surface area contributed by atoms with Gasteiger partial charge in [-0.25, -0.2) is 0 Å². The highest BCUT2D eigenvalue weighted by molar-refractivity contribution is 5.73. The van der Waals surface area contributed by atoms with Crippen molar-refractivity contribution in [3.8, 4) is 0 Å². The summed E-state index contributed by atoms with van der Waals surface area (Å²) in [5.74, 6) is 0.187. The number of amides is 1.